The van der Waals surface area contributed by atoms with Gasteiger partial charge in [-0.25, -0.2) is 9.78 Å². The summed E-state index contributed by atoms with van der Waals surface area (Å²) in [5, 5.41) is 13.5. The number of hydrogen-bond donors (Lipinski definition) is 1. The zero-order valence-electron chi connectivity index (χ0n) is 33.7. The van der Waals surface area contributed by atoms with Gasteiger partial charge in [-0.3, -0.25) is 0 Å². The third-order valence-corrected chi connectivity index (χ3v) is 13.6. The van der Waals surface area contributed by atoms with Gasteiger partial charge in [0.05, 0.1) is 6.10 Å². The lowest BCUT2D eigenvalue weighted by Gasteiger charge is -2.60. The van der Waals surface area contributed by atoms with E-state index in [9.17, 15) is 5.11 Å². The number of fused-ring (bicyclic) bond motifs is 5. The van der Waals surface area contributed by atoms with Gasteiger partial charge in [-0.2, -0.15) is 0 Å². The van der Waals surface area contributed by atoms with Crippen LogP contribution in [0.25, 0.3) is 22.8 Å². The van der Waals surface area contributed by atoms with Crippen LogP contribution in [-0.2, 0) is 24.0 Å². The Hall–Kier alpha value is -2.01. The first kappa shape index (κ1) is 42.1. The van der Waals surface area contributed by atoms with Gasteiger partial charge in [0.25, 0.3) is 0 Å². The summed E-state index contributed by atoms with van der Waals surface area (Å²) in [6.45, 7) is 13.4. The molecule has 0 amide bonds. The Morgan fingerprint density at radius 1 is 0.857 bits per heavy atom. The first-order chi connectivity index (χ1) is 26.9. The van der Waals surface area contributed by atoms with E-state index in [1.807, 2.05) is 55.5 Å². The molecule has 1 spiro atoms. The summed E-state index contributed by atoms with van der Waals surface area (Å²) in [4.78, 5) is 14.2. The van der Waals surface area contributed by atoms with Crippen LogP contribution in [0.5, 0.6) is 0 Å². The summed E-state index contributed by atoms with van der Waals surface area (Å²) in [6, 6.07) is 17.6. The normalized spacial score (nSPS) is 31.3. The van der Waals surface area contributed by atoms with E-state index in [0.29, 0.717) is 39.4 Å². The average Bonchev–Trinajstić information content (AvgIpc) is 3.28. The molecule has 2 bridgehead atoms. The predicted molar refractivity (Wildman–Crippen MR) is 225 cm³/mol. The van der Waals surface area contributed by atoms with Crippen LogP contribution in [0.15, 0.2) is 54.6 Å². The highest BCUT2D eigenvalue weighted by molar-refractivity contribution is 6.32. The van der Waals surface area contributed by atoms with Crippen LogP contribution < -0.4 is 0 Å². The second kappa shape index (κ2) is 17.7. The zero-order chi connectivity index (χ0) is 39.8. The van der Waals surface area contributed by atoms with Gasteiger partial charge in [0.1, 0.15) is 0 Å². The molecule has 9 unspecified atom stereocenters. The summed E-state index contributed by atoms with van der Waals surface area (Å²) in [5.41, 5.74) is 6.67. The van der Waals surface area contributed by atoms with E-state index in [4.69, 9.17) is 58.8 Å². The monoisotopic (exact) mass is 825 g/mol. The molecular weight excluding hydrogens is 769 g/mol. The second-order valence-electron chi connectivity index (χ2n) is 16.7. The molecule has 3 aromatic carbocycles. The van der Waals surface area contributed by atoms with Gasteiger partial charge >= 0.3 is 0 Å². The standard InChI is InChI=1S/C30H32Cl3NO.C16H26O5/c1-3-5-13-34(14-6-4-2)19-29(35)28-18-23(33)17-27-25(15-20-7-9-21(31)10-8-20)26-16-22(32)11-12-24(26)30(27)28;1-9-5-6-12-10(2)13(17-4)18-14-16(12)11(9)7-8-15(3,19-14)20-21-16/h7-12,15-18,29,35H,3-6,13-14,19H2,1-2H3;9-14H,5-8H2,1-4H3. The van der Waals surface area contributed by atoms with E-state index < -0.39 is 23.8 Å². The lowest BCUT2D eigenvalue weighted by molar-refractivity contribution is -0.577. The van der Waals surface area contributed by atoms with E-state index >= 15 is 0 Å². The lowest BCUT2D eigenvalue weighted by Crippen LogP contribution is -2.70. The quantitative estimate of drug-likeness (QED) is 0.151. The molecule has 9 atom stereocenters. The van der Waals surface area contributed by atoms with Gasteiger partial charge in [-0.15, -0.1) is 0 Å². The topological polar surface area (TPSA) is 69.6 Å². The fraction of sp³-hybridized carbons (Fsp3) is 0.565. The van der Waals surface area contributed by atoms with Crippen LogP contribution in [0.1, 0.15) is 114 Å². The van der Waals surface area contributed by atoms with Crippen molar-refractivity contribution in [1.82, 2.24) is 4.90 Å². The SMILES string of the molecule is CCCCN(CCCC)CC(O)c1cc(Cl)cc2c1-c1ccc(Cl)cc1C2=Cc1ccc(Cl)cc1.COC1OC2OC3(C)CCC4C(C)CCC(C1C)C24OO3. The third-order valence-electron chi connectivity index (χ3n) is 12.9. The second-order valence-corrected chi connectivity index (χ2v) is 18.1. The van der Waals surface area contributed by atoms with Crippen molar-refractivity contribution in [1.29, 1.82) is 0 Å². The summed E-state index contributed by atoms with van der Waals surface area (Å²) >= 11 is 19.2. The zero-order valence-corrected chi connectivity index (χ0v) is 35.9. The van der Waals surface area contributed by atoms with Crippen molar-refractivity contribution in [2.45, 2.75) is 116 Å². The fourth-order valence-electron chi connectivity index (χ4n) is 9.93. The van der Waals surface area contributed by atoms with Crippen LogP contribution in [0.4, 0.5) is 0 Å². The van der Waals surface area contributed by atoms with Gasteiger partial charge in [0.2, 0.25) is 5.79 Å². The molecule has 6 aliphatic rings. The highest BCUT2D eigenvalue weighted by atomic mass is 35.5. The highest BCUT2D eigenvalue weighted by Crippen LogP contribution is 2.60. The number of unbranched alkanes of at least 4 members (excludes halogenated alkanes) is 2. The van der Waals surface area contributed by atoms with E-state index in [1.54, 1.807) is 7.11 Å². The maximum Gasteiger partial charge on any atom is 0.201 e. The average molecular weight is 827 g/mol. The Balaban J connectivity index is 0.000000193. The molecule has 0 aromatic heterocycles. The first-order valence-corrected chi connectivity index (χ1v) is 21.8. The van der Waals surface area contributed by atoms with Gasteiger partial charge in [0.15, 0.2) is 18.2 Å². The number of hydrogen-bond acceptors (Lipinski definition) is 7. The van der Waals surface area contributed by atoms with Crippen LogP contribution in [0.2, 0.25) is 15.1 Å². The molecular formula is C46H58Cl3NO6. The number of rotatable bonds is 11. The molecule has 3 aromatic rings. The number of benzene rings is 3. The summed E-state index contributed by atoms with van der Waals surface area (Å²) < 4.78 is 17.9. The van der Waals surface area contributed by atoms with Crippen LogP contribution in [0, 0.1) is 23.7 Å². The molecule has 4 saturated heterocycles. The maximum atomic E-state index is 11.5. The van der Waals surface area contributed by atoms with Crippen molar-refractivity contribution in [3.8, 4) is 11.1 Å². The maximum absolute atomic E-state index is 11.5. The van der Waals surface area contributed by atoms with Crippen molar-refractivity contribution >= 4 is 46.5 Å². The summed E-state index contributed by atoms with van der Waals surface area (Å²) in [7, 11) is 1.70. The van der Waals surface area contributed by atoms with Crippen molar-refractivity contribution < 1.29 is 29.1 Å². The number of ether oxygens (including phenoxy) is 3. The Morgan fingerprint density at radius 2 is 1.55 bits per heavy atom. The van der Waals surface area contributed by atoms with Gasteiger partial charge < -0.3 is 24.2 Å². The lowest BCUT2D eigenvalue weighted by atomic mass is 9.58. The molecule has 1 saturated carbocycles. The first-order valence-electron chi connectivity index (χ1n) is 20.7. The Morgan fingerprint density at radius 3 is 2.25 bits per heavy atom. The van der Waals surface area contributed by atoms with E-state index in [0.717, 1.165) is 97.0 Å². The van der Waals surface area contributed by atoms with E-state index in [-0.39, 0.29) is 12.2 Å². The third kappa shape index (κ3) is 8.25. The minimum absolute atomic E-state index is 0.230. The minimum atomic E-state index is -0.698. The van der Waals surface area contributed by atoms with Gasteiger partial charge in [0, 0.05) is 47.0 Å². The minimum Gasteiger partial charge on any atom is -0.387 e. The highest BCUT2D eigenvalue weighted by Gasteiger charge is 2.69. The number of nitrogens with zero attached hydrogens (tertiary/aromatic N) is 1. The van der Waals surface area contributed by atoms with Crippen molar-refractivity contribution in [3.05, 3.63) is 91.9 Å². The Labute approximate surface area is 348 Å². The number of aliphatic hydroxyl groups is 1. The molecule has 4 aliphatic heterocycles. The molecule has 0 radical (unpaired) electrons. The van der Waals surface area contributed by atoms with Crippen molar-refractivity contribution in [2.24, 2.45) is 23.7 Å². The number of methoxy groups -OCH3 is 1. The van der Waals surface area contributed by atoms with Crippen LogP contribution in [-0.4, -0.2) is 60.7 Å². The number of halogens is 3. The van der Waals surface area contributed by atoms with Crippen LogP contribution >= 0.6 is 34.8 Å². The molecule has 10 heteroatoms. The van der Waals surface area contributed by atoms with E-state index in [2.05, 4.69) is 44.7 Å². The fourth-order valence-corrected chi connectivity index (χ4v) is 10.5. The van der Waals surface area contributed by atoms with Crippen LogP contribution in [0.3, 0.4) is 0 Å². The smallest absolute Gasteiger partial charge is 0.201 e. The Bertz CT molecular complexity index is 1860. The molecule has 304 valence electrons. The predicted octanol–water partition coefficient (Wildman–Crippen LogP) is 12.0. The van der Waals surface area contributed by atoms with E-state index in [1.165, 1.54) is 6.42 Å². The molecule has 5 fully saturated rings. The van der Waals surface area contributed by atoms with Gasteiger partial charge in [-0.1, -0.05) is 93.5 Å². The largest absolute Gasteiger partial charge is 0.387 e. The Kier molecular flexibility index (Phi) is 13.3. The molecule has 1 N–H and O–H groups in total. The molecule has 4 heterocycles. The summed E-state index contributed by atoms with van der Waals surface area (Å²) in [6.07, 6.45) is 9.65. The molecule has 2 aliphatic carbocycles. The molecule has 56 heavy (non-hydrogen) atoms. The number of aliphatic hydroxyl groups excluding tert-OH is 1. The molecule has 9 rings (SSSR count). The molecule has 7 nitrogen and oxygen atoms in total. The van der Waals surface area contributed by atoms with Crippen molar-refractivity contribution in [2.75, 3.05) is 26.7 Å². The summed E-state index contributed by atoms with van der Waals surface area (Å²) in [5.74, 6) is 0.953. The van der Waals surface area contributed by atoms with Crippen molar-refractivity contribution in [3.63, 3.8) is 0 Å². The van der Waals surface area contributed by atoms with Gasteiger partial charge in [-0.05, 0) is 145 Å².